The van der Waals surface area contributed by atoms with Gasteiger partial charge in [-0.1, -0.05) is 6.42 Å². The van der Waals surface area contributed by atoms with E-state index in [9.17, 15) is 0 Å². The summed E-state index contributed by atoms with van der Waals surface area (Å²) in [6, 6.07) is 0. The van der Waals surface area contributed by atoms with E-state index >= 15 is 0 Å². The smallest absolute Gasteiger partial charge is 0.0504 e. The van der Waals surface area contributed by atoms with Crippen molar-refractivity contribution in [2.45, 2.75) is 45.3 Å². The predicted octanol–water partition coefficient (Wildman–Crippen LogP) is 4.12. The van der Waals surface area contributed by atoms with Crippen molar-refractivity contribution < 1.29 is 0 Å². The van der Waals surface area contributed by atoms with Crippen LogP contribution in [0.2, 0.25) is 19.6 Å². The van der Waals surface area contributed by atoms with Crippen LogP contribution in [-0.2, 0) is 0 Å². The first-order chi connectivity index (χ1) is 6.57. The lowest BCUT2D eigenvalue weighted by molar-refractivity contribution is 0.501. The summed E-state index contributed by atoms with van der Waals surface area (Å²) in [6.07, 6.45) is 13.0. The van der Waals surface area contributed by atoms with Gasteiger partial charge in [-0.05, 0) is 44.5 Å². The highest BCUT2D eigenvalue weighted by Crippen LogP contribution is 2.37. The molecular weight excluding hydrogens is 184 g/mol. The number of rotatable bonds is 1. The van der Waals surface area contributed by atoms with Crippen LogP contribution < -0.4 is 0 Å². The zero-order valence-electron chi connectivity index (χ0n) is 9.64. The maximum absolute atomic E-state index is 2.52. The first-order valence-corrected chi connectivity index (χ1v) is 9.33. The molecule has 0 bridgehead atoms. The summed E-state index contributed by atoms with van der Waals surface area (Å²) in [6.45, 7) is 7.31. The molecular formula is C13H21Si+. The van der Waals surface area contributed by atoms with Crippen molar-refractivity contribution in [2.24, 2.45) is 5.92 Å². The van der Waals surface area contributed by atoms with E-state index < -0.39 is 8.07 Å². The van der Waals surface area contributed by atoms with Crippen LogP contribution in [0.15, 0.2) is 22.9 Å². The number of allylic oxidation sites excluding steroid dienone is 4. The fraction of sp³-hybridized carbons (Fsp3) is 0.615. The van der Waals surface area contributed by atoms with E-state index in [0.717, 1.165) is 5.92 Å². The second kappa shape index (κ2) is 3.61. The molecule has 1 fully saturated rings. The summed E-state index contributed by atoms with van der Waals surface area (Å²) in [5.41, 5.74) is 1.72. The quantitative estimate of drug-likeness (QED) is 0.446. The first kappa shape index (κ1) is 10.1. The van der Waals surface area contributed by atoms with Crippen LogP contribution in [0.3, 0.4) is 0 Å². The second-order valence-electron chi connectivity index (χ2n) is 5.64. The topological polar surface area (TPSA) is 0 Å². The molecule has 0 heterocycles. The van der Waals surface area contributed by atoms with Gasteiger partial charge in [0.25, 0.3) is 0 Å². The molecule has 0 spiro atoms. The Bertz CT molecular complexity index is 278. The number of fused-ring (bicyclic) bond motifs is 1. The van der Waals surface area contributed by atoms with Gasteiger partial charge in [0.1, 0.15) is 0 Å². The van der Waals surface area contributed by atoms with E-state index in [1.54, 1.807) is 10.8 Å². The third-order valence-electron chi connectivity index (χ3n) is 3.42. The fourth-order valence-corrected chi connectivity index (χ4v) is 3.61. The van der Waals surface area contributed by atoms with E-state index in [0.29, 0.717) is 0 Å². The van der Waals surface area contributed by atoms with Crippen molar-refractivity contribution in [2.75, 3.05) is 0 Å². The van der Waals surface area contributed by atoms with Crippen molar-refractivity contribution in [1.82, 2.24) is 0 Å². The van der Waals surface area contributed by atoms with Gasteiger partial charge in [-0.25, -0.2) is 0 Å². The Hall–Kier alpha value is -0.433. The van der Waals surface area contributed by atoms with Crippen molar-refractivity contribution in [3.05, 3.63) is 29.3 Å². The highest BCUT2D eigenvalue weighted by atomic mass is 28.3. The molecule has 14 heavy (non-hydrogen) atoms. The zero-order valence-corrected chi connectivity index (χ0v) is 10.6. The standard InChI is InChI=1S/C13H21Si/c1-14(2,3)13-9-8-11-6-4-5-7-12(11)10-13/h8-11H,4-7H2,1-3H3/q+1. The van der Waals surface area contributed by atoms with E-state index in [4.69, 9.17) is 0 Å². The minimum absolute atomic E-state index is 0.795. The van der Waals surface area contributed by atoms with Gasteiger partial charge >= 0.3 is 0 Å². The van der Waals surface area contributed by atoms with E-state index in [-0.39, 0.29) is 0 Å². The van der Waals surface area contributed by atoms with Crippen molar-refractivity contribution in [1.29, 1.82) is 0 Å². The largest absolute Gasteiger partial charge is 0.177 e. The Labute approximate surface area is 89.1 Å². The van der Waals surface area contributed by atoms with Crippen LogP contribution in [0.1, 0.15) is 25.7 Å². The van der Waals surface area contributed by atoms with Gasteiger partial charge < -0.3 is 0 Å². The van der Waals surface area contributed by atoms with Gasteiger partial charge in [0.2, 0.25) is 0 Å². The van der Waals surface area contributed by atoms with E-state index in [1.807, 2.05) is 0 Å². The summed E-state index contributed by atoms with van der Waals surface area (Å²) in [7, 11) is -1.08. The molecule has 2 aliphatic carbocycles. The van der Waals surface area contributed by atoms with E-state index in [1.165, 1.54) is 25.7 Å². The van der Waals surface area contributed by atoms with Crippen LogP contribution in [0, 0.1) is 12.3 Å². The zero-order chi connectivity index (χ0) is 10.2. The lowest BCUT2D eigenvalue weighted by Gasteiger charge is -2.25. The van der Waals surface area contributed by atoms with Gasteiger partial charge in [0.05, 0.1) is 12.0 Å². The normalized spacial score (nSPS) is 27.2. The molecule has 2 aliphatic rings. The minimum Gasteiger partial charge on any atom is -0.0504 e. The predicted molar refractivity (Wildman–Crippen MR) is 65.8 cm³/mol. The Kier molecular flexibility index (Phi) is 2.61. The Morgan fingerprint density at radius 3 is 2.79 bits per heavy atom. The van der Waals surface area contributed by atoms with Gasteiger partial charge in [-0.15, -0.1) is 0 Å². The second-order valence-corrected chi connectivity index (χ2v) is 10.7. The Balaban J connectivity index is 2.18. The molecule has 0 saturated heterocycles. The molecule has 0 aromatic carbocycles. The summed E-state index contributed by atoms with van der Waals surface area (Å²) < 4.78 is 0. The molecule has 0 nitrogen and oxygen atoms in total. The highest BCUT2D eigenvalue weighted by molar-refractivity contribution is 6.83. The fourth-order valence-electron chi connectivity index (χ4n) is 2.40. The maximum atomic E-state index is 2.52. The molecule has 0 aromatic heterocycles. The molecule has 0 amide bonds. The molecule has 0 radical (unpaired) electrons. The van der Waals surface area contributed by atoms with E-state index in [2.05, 4.69) is 38.2 Å². The molecule has 1 atom stereocenters. The molecule has 0 aliphatic heterocycles. The van der Waals surface area contributed by atoms with Crippen LogP contribution in [0.25, 0.3) is 0 Å². The molecule has 0 N–H and O–H groups in total. The molecule has 1 heteroatoms. The van der Waals surface area contributed by atoms with Gasteiger partial charge in [-0.3, -0.25) is 0 Å². The number of hydrogen-bond donors (Lipinski definition) is 0. The molecule has 2 rings (SSSR count). The SMILES string of the molecule is C[Si](C)(C)C1=C[CH+]C2CCCCC2=C1. The maximum Gasteiger partial charge on any atom is 0.177 e. The molecule has 1 unspecified atom stereocenters. The molecule has 76 valence electrons. The van der Waals surface area contributed by atoms with Crippen LogP contribution in [0.4, 0.5) is 0 Å². The van der Waals surface area contributed by atoms with Crippen LogP contribution in [-0.4, -0.2) is 8.07 Å². The third kappa shape index (κ3) is 1.98. The summed E-state index contributed by atoms with van der Waals surface area (Å²) >= 11 is 0. The average molecular weight is 205 g/mol. The third-order valence-corrected chi connectivity index (χ3v) is 5.46. The van der Waals surface area contributed by atoms with Gasteiger partial charge in [-0.2, -0.15) is 0 Å². The minimum atomic E-state index is -1.08. The summed E-state index contributed by atoms with van der Waals surface area (Å²) in [4.78, 5) is 0. The Morgan fingerprint density at radius 1 is 1.29 bits per heavy atom. The lowest BCUT2D eigenvalue weighted by atomic mass is 9.80. The van der Waals surface area contributed by atoms with Crippen LogP contribution >= 0.6 is 0 Å². The number of hydrogen-bond acceptors (Lipinski definition) is 0. The van der Waals surface area contributed by atoms with Crippen molar-refractivity contribution >= 4 is 8.07 Å². The van der Waals surface area contributed by atoms with Gasteiger partial charge in [0, 0.05) is 17.7 Å². The van der Waals surface area contributed by atoms with Crippen molar-refractivity contribution in [3.63, 3.8) is 0 Å². The first-order valence-electron chi connectivity index (χ1n) is 5.83. The molecule has 0 aromatic rings. The monoisotopic (exact) mass is 205 g/mol. The lowest BCUT2D eigenvalue weighted by Crippen LogP contribution is -2.26. The summed E-state index contributed by atoms with van der Waals surface area (Å²) in [5.74, 6) is 0.795. The average Bonchev–Trinajstić information content (AvgIpc) is 2.16. The summed E-state index contributed by atoms with van der Waals surface area (Å²) in [5, 5.41) is 1.64. The van der Waals surface area contributed by atoms with Crippen LogP contribution in [0.5, 0.6) is 0 Å². The van der Waals surface area contributed by atoms with Crippen molar-refractivity contribution in [3.8, 4) is 0 Å². The highest BCUT2D eigenvalue weighted by Gasteiger charge is 2.33. The van der Waals surface area contributed by atoms with Gasteiger partial charge in [0.15, 0.2) is 8.07 Å². The molecule has 1 saturated carbocycles. The Morgan fingerprint density at radius 2 is 2.07 bits per heavy atom.